The highest BCUT2D eigenvalue weighted by atomic mass is 35.5. The van der Waals surface area contributed by atoms with Crippen LogP contribution in [-0.4, -0.2) is 23.8 Å². The summed E-state index contributed by atoms with van der Waals surface area (Å²) in [6, 6.07) is 11.4. The van der Waals surface area contributed by atoms with Crippen molar-refractivity contribution in [3.8, 4) is 11.5 Å². The molecule has 0 aromatic heterocycles. The van der Waals surface area contributed by atoms with Gasteiger partial charge in [-0.1, -0.05) is 29.8 Å². The van der Waals surface area contributed by atoms with Crippen molar-refractivity contribution in [2.75, 3.05) is 6.79 Å². The molecule has 122 valence electrons. The maximum Gasteiger partial charge on any atom is 0.352 e. The van der Waals surface area contributed by atoms with Crippen LogP contribution in [0.3, 0.4) is 0 Å². The highest BCUT2D eigenvalue weighted by molar-refractivity contribution is 6.34. The minimum atomic E-state index is -1.27. The summed E-state index contributed by atoms with van der Waals surface area (Å²) in [7, 11) is 0. The van der Waals surface area contributed by atoms with Crippen LogP contribution in [0, 0.1) is 0 Å². The average Bonchev–Trinajstić information content (AvgIpc) is 3.02. The quantitative estimate of drug-likeness (QED) is 0.832. The van der Waals surface area contributed by atoms with E-state index in [1.807, 2.05) is 0 Å². The lowest BCUT2D eigenvalue weighted by molar-refractivity contribution is -0.132. The van der Waals surface area contributed by atoms with Crippen molar-refractivity contribution in [1.82, 2.24) is 5.32 Å². The summed E-state index contributed by atoms with van der Waals surface area (Å²) in [5, 5.41) is 11.9. The molecule has 6 nitrogen and oxygen atoms in total. The number of amides is 1. The number of nitrogens with one attached hydrogen (secondary N) is 1. The van der Waals surface area contributed by atoms with E-state index in [0.717, 1.165) is 0 Å². The molecule has 1 amide bonds. The topological polar surface area (TPSA) is 84.9 Å². The van der Waals surface area contributed by atoms with Gasteiger partial charge in [0.15, 0.2) is 11.5 Å². The minimum absolute atomic E-state index is 0.123. The van der Waals surface area contributed by atoms with Gasteiger partial charge in [-0.25, -0.2) is 4.79 Å². The van der Waals surface area contributed by atoms with Crippen molar-refractivity contribution in [3.05, 3.63) is 64.3 Å². The molecule has 0 unspecified atom stereocenters. The Morgan fingerprint density at radius 1 is 1.12 bits per heavy atom. The van der Waals surface area contributed by atoms with Crippen molar-refractivity contribution >= 4 is 29.6 Å². The third kappa shape index (κ3) is 3.33. The second kappa shape index (κ2) is 6.64. The number of hydrogen-bond donors (Lipinski definition) is 2. The molecule has 24 heavy (non-hydrogen) atoms. The predicted molar refractivity (Wildman–Crippen MR) is 87.1 cm³/mol. The van der Waals surface area contributed by atoms with Crippen LogP contribution in [0.1, 0.15) is 15.9 Å². The van der Waals surface area contributed by atoms with Gasteiger partial charge in [-0.05, 0) is 35.9 Å². The molecule has 0 aliphatic carbocycles. The smallest absolute Gasteiger partial charge is 0.352 e. The fourth-order valence-electron chi connectivity index (χ4n) is 2.16. The number of carboxylic acid groups (broad SMARTS) is 1. The van der Waals surface area contributed by atoms with Gasteiger partial charge in [-0.3, -0.25) is 4.79 Å². The third-order valence-corrected chi connectivity index (χ3v) is 3.63. The van der Waals surface area contributed by atoms with Gasteiger partial charge in [-0.15, -0.1) is 0 Å². The van der Waals surface area contributed by atoms with E-state index in [0.29, 0.717) is 17.1 Å². The standard InChI is InChI=1S/C17H12ClNO5/c18-12-4-2-1-3-11(12)16(20)19-13(17(21)22)7-10-5-6-14-15(8-10)24-9-23-14/h1-8H,9H2,(H,19,20)(H,21,22)/b13-7+. The zero-order valence-corrected chi connectivity index (χ0v) is 13.0. The molecule has 0 saturated carbocycles. The summed E-state index contributed by atoms with van der Waals surface area (Å²) in [6.45, 7) is 0.123. The van der Waals surface area contributed by atoms with Gasteiger partial charge in [0.05, 0.1) is 10.6 Å². The first-order valence-electron chi connectivity index (χ1n) is 6.95. The number of aliphatic carboxylic acids is 1. The molecular weight excluding hydrogens is 334 g/mol. The van der Waals surface area contributed by atoms with Crippen molar-refractivity contribution in [1.29, 1.82) is 0 Å². The monoisotopic (exact) mass is 345 g/mol. The maximum atomic E-state index is 12.2. The molecule has 0 saturated heterocycles. The Kier molecular flexibility index (Phi) is 4.39. The molecule has 2 aromatic rings. The SMILES string of the molecule is O=C(O)/C(=C\c1ccc2c(c1)OCO2)NC(=O)c1ccccc1Cl. The summed E-state index contributed by atoms with van der Waals surface area (Å²) in [4.78, 5) is 23.6. The molecule has 3 rings (SSSR count). The normalized spacial score (nSPS) is 12.8. The summed E-state index contributed by atoms with van der Waals surface area (Å²) in [5.41, 5.74) is 0.465. The van der Waals surface area contributed by atoms with Crippen LogP contribution in [0.5, 0.6) is 11.5 Å². The summed E-state index contributed by atoms with van der Waals surface area (Å²) in [6.07, 6.45) is 1.33. The molecule has 2 N–H and O–H groups in total. The molecule has 0 fully saturated rings. The number of fused-ring (bicyclic) bond motifs is 1. The fraction of sp³-hybridized carbons (Fsp3) is 0.0588. The van der Waals surface area contributed by atoms with E-state index in [1.54, 1.807) is 36.4 Å². The van der Waals surface area contributed by atoms with Gasteiger partial charge in [-0.2, -0.15) is 0 Å². The van der Waals surface area contributed by atoms with Crippen molar-refractivity contribution < 1.29 is 24.2 Å². The first-order chi connectivity index (χ1) is 11.5. The lowest BCUT2D eigenvalue weighted by Gasteiger charge is -2.08. The Morgan fingerprint density at radius 2 is 1.88 bits per heavy atom. The van der Waals surface area contributed by atoms with Crippen LogP contribution in [0.15, 0.2) is 48.2 Å². The number of carbonyl (C=O) groups is 2. The van der Waals surface area contributed by atoms with E-state index >= 15 is 0 Å². The fourth-order valence-corrected chi connectivity index (χ4v) is 2.38. The maximum absolute atomic E-state index is 12.2. The Hall–Kier alpha value is -2.99. The van der Waals surface area contributed by atoms with Gasteiger partial charge in [0, 0.05) is 0 Å². The molecule has 1 heterocycles. The van der Waals surface area contributed by atoms with E-state index < -0.39 is 11.9 Å². The minimum Gasteiger partial charge on any atom is -0.477 e. The van der Waals surface area contributed by atoms with Gasteiger partial charge in [0.1, 0.15) is 5.70 Å². The second-order valence-electron chi connectivity index (χ2n) is 4.91. The van der Waals surface area contributed by atoms with E-state index in [4.69, 9.17) is 21.1 Å². The lowest BCUT2D eigenvalue weighted by atomic mass is 10.1. The van der Waals surface area contributed by atoms with Gasteiger partial charge >= 0.3 is 5.97 Å². The molecule has 1 aliphatic heterocycles. The third-order valence-electron chi connectivity index (χ3n) is 3.30. The molecule has 2 aromatic carbocycles. The van der Waals surface area contributed by atoms with E-state index in [9.17, 15) is 14.7 Å². The lowest BCUT2D eigenvalue weighted by Crippen LogP contribution is -2.27. The molecule has 1 aliphatic rings. The van der Waals surface area contributed by atoms with Gasteiger partial charge in [0.2, 0.25) is 6.79 Å². The number of rotatable bonds is 4. The van der Waals surface area contributed by atoms with E-state index in [2.05, 4.69) is 5.32 Å². The summed E-state index contributed by atoms with van der Waals surface area (Å²) < 4.78 is 10.4. The van der Waals surface area contributed by atoms with Crippen molar-refractivity contribution in [2.45, 2.75) is 0 Å². The van der Waals surface area contributed by atoms with Crippen molar-refractivity contribution in [3.63, 3.8) is 0 Å². The van der Waals surface area contributed by atoms with Gasteiger partial charge in [0.25, 0.3) is 5.91 Å². The number of carboxylic acids is 1. The number of benzene rings is 2. The van der Waals surface area contributed by atoms with Crippen LogP contribution in [0.4, 0.5) is 0 Å². The zero-order chi connectivity index (χ0) is 17.1. The average molecular weight is 346 g/mol. The molecule has 0 atom stereocenters. The van der Waals surface area contributed by atoms with Crippen LogP contribution < -0.4 is 14.8 Å². The van der Waals surface area contributed by atoms with Crippen molar-refractivity contribution in [2.24, 2.45) is 0 Å². The van der Waals surface area contributed by atoms with Crippen LogP contribution >= 0.6 is 11.6 Å². The molecule has 0 bridgehead atoms. The molecular formula is C17H12ClNO5. The Morgan fingerprint density at radius 3 is 2.62 bits per heavy atom. The number of halogens is 1. The van der Waals surface area contributed by atoms with Crippen LogP contribution in [-0.2, 0) is 4.79 Å². The van der Waals surface area contributed by atoms with Crippen LogP contribution in [0.2, 0.25) is 5.02 Å². The zero-order valence-electron chi connectivity index (χ0n) is 12.3. The Bertz CT molecular complexity index is 847. The number of hydrogen-bond acceptors (Lipinski definition) is 4. The first kappa shape index (κ1) is 15.9. The predicted octanol–water partition coefficient (Wildman–Crippen LogP) is 2.92. The van der Waals surface area contributed by atoms with E-state index in [1.165, 1.54) is 12.1 Å². The highest BCUT2D eigenvalue weighted by Gasteiger charge is 2.17. The second-order valence-corrected chi connectivity index (χ2v) is 5.32. The van der Waals surface area contributed by atoms with Crippen LogP contribution in [0.25, 0.3) is 6.08 Å². The summed E-state index contributed by atoms with van der Waals surface area (Å²) >= 11 is 5.95. The first-order valence-corrected chi connectivity index (χ1v) is 7.33. The molecule has 0 radical (unpaired) electrons. The highest BCUT2D eigenvalue weighted by Crippen LogP contribution is 2.33. The molecule has 7 heteroatoms. The number of ether oxygens (including phenoxy) is 2. The largest absolute Gasteiger partial charge is 0.477 e. The Labute approximate surface area is 142 Å². The van der Waals surface area contributed by atoms with Gasteiger partial charge < -0.3 is 19.9 Å². The molecule has 0 spiro atoms. The van der Waals surface area contributed by atoms with E-state index in [-0.39, 0.29) is 23.1 Å². The number of carbonyl (C=O) groups excluding carboxylic acids is 1. The summed E-state index contributed by atoms with van der Waals surface area (Å²) in [5.74, 6) is -0.766. The Balaban J connectivity index is 1.86.